The first-order valence-corrected chi connectivity index (χ1v) is 8.80. The SMILES string of the molecule is CC(C)OCCS(=O)(=O)NC[C@@H]1CCc2ccccc21. The summed E-state index contributed by atoms with van der Waals surface area (Å²) in [7, 11) is -3.24. The van der Waals surface area contributed by atoms with Gasteiger partial charge in [-0.05, 0) is 43.7 Å². The van der Waals surface area contributed by atoms with E-state index in [1.54, 1.807) is 0 Å². The molecule has 112 valence electrons. The number of ether oxygens (including phenoxy) is 1. The highest BCUT2D eigenvalue weighted by atomic mass is 32.2. The Hall–Kier alpha value is -0.910. The number of hydrogen-bond donors (Lipinski definition) is 1. The molecule has 0 aromatic heterocycles. The quantitative estimate of drug-likeness (QED) is 0.838. The number of aryl methyl sites for hydroxylation is 1. The van der Waals surface area contributed by atoms with Crippen molar-refractivity contribution in [2.45, 2.75) is 38.7 Å². The monoisotopic (exact) mass is 297 g/mol. The maximum Gasteiger partial charge on any atom is 0.213 e. The van der Waals surface area contributed by atoms with Crippen LogP contribution in [0.3, 0.4) is 0 Å². The largest absolute Gasteiger partial charge is 0.378 e. The molecule has 1 aromatic rings. The summed E-state index contributed by atoms with van der Waals surface area (Å²) >= 11 is 0. The smallest absolute Gasteiger partial charge is 0.213 e. The number of hydrogen-bond acceptors (Lipinski definition) is 3. The Morgan fingerprint density at radius 2 is 2.10 bits per heavy atom. The van der Waals surface area contributed by atoms with Crippen LogP contribution in [0.4, 0.5) is 0 Å². The lowest BCUT2D eigenvalue weighted by Gasteiger charge is -2.14. The lowest BCUT2D eigenvalue weighted by Crippen LogP contribution is -2.32. The Labute approximate surface area is 121 Å². The molecule has 0 aliphatic heterocycles. The van der Waals surface area contributed by atoms with E-state index in [4.69, 9.17) is 4.74 Å². The molecule has 1 aromatic carbocycles. The average Bonchev–Trinajstić information content (AvgIpc) is 2.79. The molecule has 20 heavy (non-hydrogen) atoms. The van der Waals surface area contributed by atoms with Crippen LogP contribution in [-0.4, -0.2) is 33.4 Å². The molecule has 1 aliphatic carbocycles. The summed E-state index contributed by atoms with van der Waals surface area (Å²) in [4.78, 5) is 0. The van der Waals surface area contributed by atoms with Crippen LogP contribution in [0.1, 0.15) is 37.3 Å². The lowest BCUT2D eigenvalue weighted by atomic mass is 10.0. The van der Waals surface area contributed by atoms with Crippen LogP contribution in [-0.2, 0) is 21.2 Å². The normalized spacial score (nSPS) is 18.4. The number of benzene rings is 1. The third-order valence-electron chi connectivity index (χ3n) is 3.61. The van der Waals surface area contributed by atoms with Gasteiger partial charge in [-0.15, -0.1) is 0 Å². The highest BCUT2D eigenvalue weighted by molar-refractivity contribution is 7.89. The molecule has 4 nitrogen and oxygen atoms in total. The number of sulfonamides is 1. The first-order valence-electron chi connectivity index (χ1n) is 7.14. The van der Waals surface area contributed by atoms with E-state index < -0.39 is 10.0 Å². The Morgan fingerprint density at radius 1 is 1.35 bits per heavy atom. The molecular formula is C15H23NO3S. The third kappa shape index (κ3) is 4.30. The summed E-state index contributed by atoms with van der Waals surface area (Å²) in [5.41, 5.74) is 2.63. The van der Waals surface area contributed by atoms with E-state index in [0.29, 0.717) is 12.5 Å². The summed E-state index contributed by atoms with van der Waals surface area (Å²) in [6.45, 7) is 4.53. The topological polar surface area (TPSA) is 55.4 Å². The fourth-order valence-electron chi connectivity index (χ4n) is 2.55. The van der Waals surface area contributed by atoms with Crippen molar-refractivity contribution in [3.63, 3.8) is 0 Å². The van der Waals surface area contributed by atoms with Gasteiger partial charge in [-0.1, -0.05) is 24.3 Å². The van der Waals surface area contributed by atoms with Gasteiger partial charge in [0.2, 0.25) is 10.0 Å². The van der Waals surface area contributed by atoms with Crippen molar-refractivity contribution in [2.24, 2.45) is 0 Å². The number of nitrogens with one attached hydrogen (secondary N) is 1. The molecule has 0 saturated carbocycles. The van der Waals surface area contributed by atoms with Gasteiger partial charge >= 0.3 is 0 Å². The van der Waals surface area contributed by atoms with Crippen LogP contribution in [0.25, 0.3) is 0 Å². The van der Waals surface area contributed by atoms with E-state index in [9.17, 15) is 8.42 Å². The minimum absolute atomic E-state index is 0.0273. The molecule has 0 spiro atoms. The molecular weight excluding hydrogens is 274 g/mol. The summed E-state index contributed by atoms with van der Waals surface area (Å²) in [6.07, 6.45) is 2.12. The first kappa shape index (κ1) is 15.5. The molecule has 1 atom stereocenters. The first-order chi connectivity index (χ1) is 9.48. The highest BCUT2D eigenvalue weighted by Gasteiger charge is 2.23. The summed E-state index contributed by atoms with van der Waals surface area (Å²) in [5, 5.41) is 0. The Bertz CT molecular complexity index is 540. The lowest BCUT2D eigenvalue weighted by molar-refractivity contribution is 0.0911. The van der Waals surface area contributed by atoms with Crippen molar-refractivity contribution in [3.05, 3.63) is 35.4 Å². The fraction of sp³-hybridized carbons (Fsp3) is 0.600. The molecule has 0 fully saturated rings. The van der Waals surface area contributed by atoms with Gasteiger partial charge in [0.25, 0.3) is 0 Å². The van der Waals surface area contributed by atoms with Crippen molar-refractivity contribution in [3.8, 4) is 0 Å². The molecule has 0 unspecified atom stereocenters. The second kappa shape index (κ2) is 6.70. The van der Waals surface area contributed by atoms with Crippen molar-refractivity contribution < 1.29 is 13.2 Å². The van der Waals surface area contributed by atoms with Crippen LogP contribution in [0.5, 0.6) is 0 Å². The standard InChI is InChI=1S/C15H23NO3S/c1-12(2)19-9-10-20(17,18)16-11-14-8-7-13-5-3-4-6-15(13)14/h3-6,12,14,16H,7-11H2,1-2H3/t14-/m0/s1. The van der Waals surface area contributed by atoms with E-state index in [1.807, 2.05) is 26.0 Å². The molecule has 0 bridgehead atoms. The molecule has 1 N–H and O–H groups in total. The number of rotatable bonds is 7. The van der Waals surface area contributed by atoms with Crippen molar-refractivity contribution in [1.29, 1.82) is 0 Å². The summed E-state index contributed by atoms with van der Waals surface area (Å²) < 4.78 is 31.8. The zero-order valence-corrected chi connectivity index (χ0v) is 12.9. The molecule has 0 heterocycles. The average molecular weight is 297 g/mol. The van der Waals surface area contributed by atoms with Crippen LogP contribution in [0, 0.1) is 0 Å². The second-order valence-electron chi connectivity index (χ2n) is 5.52. The zero-order valence-electron chi connectivity index (χ0n) is 12.1. The molecule has 0 radical (unpaired) electrons. The minimum atomic E-state index is -3.24. The van der Waals surface area contributed by atoms with E-state index in [-0.39, 0.29) is 18.5 Å². The van der Waals surface area contributed by atoms with E-state index in [1.165, 1.54) is 11.1 Å². The van der Waals surface area contributed by atoms with Gasteiger partial charge in [0.05, 0.1) is 18.5 Å². The van der Waals surface area contributed by atoms with Crippen molar-refractivity contribution in [2.75, 3.05) is 18.9 Å². The Morgan fingerprint density at radius 3 is 2.85 bits per heavy atom. The van der Waals surface area contributed by atoms with Gasteiger partial charge in [0, 0.05) is 6.54 Å². The van der Waals surface area contributed by atoms with E-state index in [2.05, 4.69) is 16.9 Å². The summed E-state index contributed by atoms with van der Waals surface area (Å²) in [6, 6.07) is 8.28. The van der Waals surface area contributed by atoms with Crippen molar-refractivity contribution in [1.82, 2.24) is 4.72 Å². The number of fused-ring (bicyclic) bond motifs is 1. The molecule has 0 saturated heterocycles. The molecule has 5 heteroatoms. The van der Waals surface area contributed by atoms with Crippen molar-refractivity contribution >= 4 is 10.0 Å². The minimum Gasteiger partial charge on any atom is -0.378 e. The molecule has 0 amide bonds. The van der Waals surface area contributed by atoms with Gasteiger partial charge in [-0.2, -0.15) is 0 Å². The predicted molar refractivity (Wildman–Crippen MR) is 80.4 cm³/mol. The molecule has 2 rings (SSSR count). The zero-order chi connectivity index (χ0) is 14.6. The van der Waals surface area contributed by atoms with Gasteiger partial charge < -0.3 is 4.74 Å². The van der Waals surface area contributed by atoms with Gasteiger partial charge in [-0.25, -0.2) is 13.1 Å². The van der Waals surface area contributed by atoms with Crippen LogP contribution >= 0.6 is 0 Å². The third-order valence-corrected chi connectivity index (χ3v) is 4.92. The van der Waals surface area contributed by atoms with Crippen LogP contribution in [0.15, 0.2) is 24.3 Å². The van der Waals surface area contributed by atoms with Crippen LogP contribution in [0.2, 0.25) is 0 Å². The maximum atomic E-state index is 11.9. The van der Waals surface area contributed by atoms with Gasteiger partial charge in [-0.3, -0.25) is 0 Å². The molecule has 1 aliphatic rings. The predicted octanol–water partition coefficient (Wildman–Crippen LogP) is 2.06. The Balaban J connectivity index is 1.84. The van der Waals surface area contributed by atoms with Crippen LogP contribution < -0.4 is 4.72 Å². The Kier molecular flexibility index (Phi) is 5.18. The van der Waals surface area contributed by atoms with E-state index in [0.717, 1.165) is 12.8 Å². The fourth-order valence-corrected chi connectivity index (χ4v) is 3.47. The second-order valence-corrected chi connectivity index (χ2v) is 7.45. The summed E-state index contributed by atoms with van der Waals surface area (Å²) in [5.74, 6) is 0.325. The van der Waals surface area contributed by atoms with E-state index >= 15 is 0 Å². The van der Waals surface area contributed by atoms with Gasteiger partial charge in [0.15, 0.2) is 0 Å². The maximum absolute atomic E-state index is 11.9. The van der Waals surface area contributed by atoms with Gasteiger partial charge in [0.1, 0.15) is 0 Å². The highest BCUT2D eigenvalue weighted by Crippen LogP contribution is 2.32.